The molecule has 1 aromatic heterocycles. The topological polar surface area (TPSA) is 367 Å². The smallest absolute Gasteiger partial charge is 0.326 e. The highest BCUT2D eigenvalue weighted by molar-refractivity contribution is 5.96. The van der Waals surface area contributed by atoms with Crippen LogP contribution in [0.4, 0.5) is 0 Å². The largest absolute Gasteiger partial charge is 0.480 e. The molecule has 0 bridgehead atoms. The number of nitrogens with one attached hydrogen (secondary N) is 8. The third kappa shape index (κ3) is 22.9. The lowest BCUT2D eigenvalue weighted by molar-refractivity contribution is -0.870. The molecule has 344 valence electrons. The van der Waals surface area contributed by atoms with Crippen LogP contribution in [0.2, 0.25) is 0 Å². The normalized spacial score (nSPS) is 14.9. The molecule has 0 fully saturated rings. The third-order valence-corrected chi connectivity index (χ3v) is 9.53. The summed E-state index contributed by atoms with van der Waals surface area (Å²) >= 11 is 0. The Morgan fingerprint density at radius 2 is 1.18 bits per heavy atom. The molecule has 0 saturated carbocycles. The molecular formula is C38H77N15O7+2. The summed E-state index contributed by atoms with van der Waals surface area (Å²) in [6.45, 7) is 8.65. The Morgan fingerprint density at radius 1 is 0.700 bits per heavy atom. The number of carboxylic acid groups (broad SMARTS) is 1. The van der Waals surface area contributed by atoms with Crippen molar-refractivity contribution in [3.05, 3.63) is 18.2 Å². The first-order valence-corrected chi connectivity index (χ1v) is 20.8. The minimum Gasteiger partial charge on any atom is -0.480 e. The standard InChI is InChI=1S/C38H75N15O7/c1-22(2)18-29(34(57)50-28(36(59)60)14-11-16-46-38(42)43)51-35(58)30(23(3)4)52-33(56)26(12-8-9-17-53(5,6)7)49-32(55)27(13-10-15-45-37(40)41)48-31(54)25(39)19-24-20-44-21-47-24/h20-23,25-30,37-38,45-46H,8-19,39-43H2,1-7H3,(H6-,44,47,48,49,50,51,52,54,55,56,57,58,59,60)/p+2/t25-,26-,27-,28-,29-,30-/m0/s1. The maximum Gasteiger partial charge on any atom is 0.326 e. The van der Waals surface area contributed by atoms with Crippen LogP contribution in [-0.4, -0.2) is 145 Å². The van der Waals surface area contributed by atoms with Crippen LogP contribution >= 0.6 is 0 Å². The second-order valence-electron chi connectivity index (χ2n) is 17.2. The summed E-state index contributed by atoms with van der Waals surface area (Å²) < 4.78 is 0.691. The molecule has 0 radical (unpaired) electrons. The molecule has 5 amide bonds. The number of quaternary nitrogens is 2. The first-order chi connectivity index (χ1) is 28.0. The predicted octanol–water partition coefficient (Wildman–Crippen LogP) is -4.21. The Bertz CT molecular complexity index is 1450. The number of rotatable bonds is 31. The van der Waals surface area contributed by atoms with Gasteiger partial charge in [0.25, 0.3) is 5.91 Å². The SMILES string of the molecule is CC(C)C[C@H](NC(=O)[C@@H](NC(=O)[C@H](CCCC[N+](C)(C)C)NC(=O)[C@H](CCCNC(N)N)NC(=O)[C@@H]([NH3+])Cc1cnc[nH]1)C(C)C)C(=O)N[C@@H](CCCNC(N)N)C(=O)O. The van der Waals surface area contributed by atoms with E-state index in [-0.39, 0.29) is 38.0 Å². The lowest BCUT2D eigenvalue weighted by atomic mass is 9.98. The molecule has 0 aliphatic rings. The molecule has 22 heteroatoms. The van der Waals surface area contributed by atoms with Crippen LogP contribution in [0.1, 0.15) is 84.8 Å². The number of imidazole rings is 1. The summed E-state index contributed by atoms with van der Waals surface area (Å²) in [6.07, 6.45) is 4.52. The summed E-state index contributed by atoms with van der Waals surface area (Å²) in [4.78, 5) is 87.7. The van der Waals surface area contributed by atoms with Gasteiger partial charge in [0.05, 0.1) is 40.4 Å². The molecule has 20 N–H and O–H groups in total. The Hall–Kier alpha value is -4.29. The fraction of sp³-hybridized carbons (Fsp3) is 0.763. The average Bonchev–Trinajstić information content (AvgIpc) is 3.65. The van der Waals surface area contributed by atoms with Crippen LogP contribution < -0.4 is 65.9 Å². The van der Waals surface area contributed by atoms with Crippen LogP contribution in [0.3, 0.4) is 0 Å². The van der Waals surface area contributed by atoms with Gasteiger partial charge in [-0.3, -0.25) is 34.6 Å². The van der Waals surface area contributed by atoms with Gasteiger partial charge in [-0.15, -0.1) is 0 Å². The molecule has 0 spiro atoms. The molecule has 0 aliphatic carbocycles. The molecular weight excluding hydrogens is 779 g/mol. The first-order valence-electron chi connectivity index (χ1n) is 20.8. The second kappa shape index (κ2) is 27.5. The number of amides is 5. The number of unbranched alkanes of at least 4 members (excludes halogenated alkanes) is 1. The van der Waals surface area contributed by atoms with Gasteiger partial charge in [-0.05, 0) is 76.3 Å². The van der Waals surface area contributed by atoms with Crippen molar-refractivity contribution < 1.29 is 44.1 Å². The quantitative estimate of drug-likeness (QED) is 0.0191. The van der Waals surface area contributed by atoms with Gasteiger partial charge in [-0.25, -0.2) is 9.78 Å². The molecule has 1 rings (SSSR count). The minimum atomic E-state index is -1.24. The van der Waals surface area contributed by atoms with Crippen LogP contribution in [-0.2, 0) is 35.2 Å². The minimum absolute atomic E-state index is 0.0709. The highest BCUT2D eigenvalue weighted by atomic mass is 16.4. The fourth-order valence-corrected chi connectivity index (χ4v) is 6.22. The number of carbonyl (C=O) groups excluding carboxylic acids is 5. The van der Waals surface area contributed by atoms with Crippen molar-refractivity contribution in [2.75, 3.05) is 40.8 Å². The zero-order valence-corrected chi connectivity index (χ0v) is 36.7. The van der Waals surface area contributed by atoms with Gasteiger partial charge in [0.15, 0.2) is 6.04 Å². The van der Waals surface area contributed by atoms with Crippen LogP contribution in [0.5, 0.6) is 0 Å². The van der Waals surface area contributed by atoms with Gasteiger partial charge in [0.2, 0.25) is 23.6 Å². The second-order valence-corrected chi connectivity index (χ2v) is 17.2. The van der Waals surface area contributed by atoms with Gasteiger partial charge in [-0.2, -0.15) is 0 Å². The highest BCUT2D eigenvalue weighted by Gasteiger charge is 2.34. The molecule has 0 aliphatic heterocycles. The van der Waals surface area contributed by atoms with Crippen molar-refractivity contribution in [2.45, 2.75) is 134 Å². The van der Waals surface area contributed by atoms with E-state index in [1.165, 1.54) is 6.33 Å². The van der Waals surface area contributed by atoms with E-state index in [0.29, 0.717) is 42.5 Å². The summed E-state index contributed by atoms with van der Waals surface area (Å²) in [5.41, 5.74) is 26.9. The van der Waals surface area contributed by atoms with Crippen molar-refractivity contribution in [2.24, 2.45) is 34.8 Å². The fourth-order valence-electron chi connectivity index (χ4n) is 6.22. The number of nitrogens with zero attached hydrogens (tertiary/aromatic N) is 2. The highest BCUT2D eigenvalue weighted by Crippen LogP contribution is 2.12. The molecule has 1 aromatic rings. The van der Waals surface area contributed by atoms with Crippen molar-refractivity contribution in [1.29, 1.82) is 0 Å². The third-order valence-electron chi connectivity index (χ3n) is 9.53. The number of hydrogen-bond donors (Lipinski definition) is 14. The van der Waals surface area contributed by atoms with E-state index in [0.717, 1.165) is 13.0 Å². The van der Waals surface area contributed by atoms with Gasteiger partial charge < -0.3 is 69.8 Å². The van der Waals surface area contributed by atoms with E-state index in [2.05, 4.69) is 52.9 Å². The van der Waals surface area contributed by atoms with Crippen LogP contribution in [0, 0.1) is 11.8 Å². The summed E-state index contributed by atoms with van der Waals surface area (Å²) in [7, 11) is 6.14. The average molecular weight is 856 g/mol. The van der Waals surface area contributed by atoms with E-state index in [9.17, 15) is 33.9 Å². The number of nitrogens with two attached hydrogens (primary N) is 4. The van der Waals surface area contributed by atoms with Crippen molar-refractivity contribution >= 4 is 35.5 Å². The number of carbonyl (C=O) groups is 6. The maximum atomic E-state index is 14.1. The Morgan fingerprint density at radius 3 is 1.67 bits per heavy atom. The molecule has 0 saturated heterocycles. The summed E-state index contributed by atoms with van der Waals surface area (Å²) in [5, 5.41) is 29.2. The maximum absolute atomic E-state index is 14.1. The number of carboxylic acids is 1. The Kier molecular flexibility index (Phi) is 24.7. The van der Waals surface area contributed by atoms with E-state index < -0.39 is 90.3 Å². The van der Waals surface area contributed by atoms with Gasteiger partial charge in [0.1, 0.15) is 42.8 Å². The molecule has 0 unspecified atom stereocenters. The lowest BCUT2D eigenvalue weighted by Gasteiger charge is -2.29. The summed E-state index contributed by atoms with van der Waals surface area (Å²) in [6, 6.07) is -6.39. The molecule has 1 heterocycles. The van der Waals surface area contributed by atoms with Gasteiger partial charge in [0, 0.05) is 11.9 Å². The van der Waals surface area contributed by atoms with E-state index in [1.54, 1.807) is 20.0 Å². The molecule has 22 nitrogen and oxygen atoms in total. The van der Waals surface area contributed by atoms with Crippen molar-refractivity contribution in [3.63, 3.8) is 0 Å². The summed E-state index contributed by atoms with van der Waals surface area (Å²) in [5.74, 6) is -4.82. The number of H-pyrrole nitrogens is 1. The molecule has 0 aromatic carbocycles. The number of aromatic nitrogens is 2. The monoisotopic (exact) mass is 856 g/mol. The van der Waals surface area contributed by atoms with E-state index in [1.807, 2.05) is 35.0 Å². The molecule has 6 atom stereocenters. The number of hydrogen-bond acceptors (Lipinski definition) is 13. The Labute approximate surface area is 354 Å². The Balaban J connectivity index is 3.29. The van der Waals surface area contributed by atoms with Gasteiger partial charge in [-0.1, -0.05) is 27.7 Å². The van der Waals surface area contributed by atoms with E-state index >= 15 is 0 Å². The van der Waals surface area contributed by atoms with E-state index in [4.69, 9.17) is 22.9 Å². The lowest BCUT2D eigenvalue weighted by Crippen LogP contribution is -2.70. The van der Waals surface area contributed by atoms with Crippen LogP contribution in [0.25, 0.3) is 0 Å². The first kappa shape index (κ1) is 53.7. The van der Waals surface area contributed by atoms with Crippen molar-refractivity contribution in [3.8, 4) is 0 Å². The van der Waals surface area contributed by atoms with Gasteiger partial charge >= 0.3 is 5.97 Å². The predicted molar refractivity (Wildman–Crippen MR) is 226 cm³/mol. The van der Waals surface area contributed by atoms with Crippen molar-refractivity contribution in [1.82, 2.24) is 47.2 Å². The van der Waals surface area contributed by atoms with Crippen LogP contribution in [0.15, 0.2) is 12.5 Å². The zero-order valence-electron chi connectivity index (χ0n) is 36.7. The zero-order chi connectivity index (χ0) is 45.6. The number of aromatic amines is 1. The molecule has 60 heavy (non-hydrogen) atoms. The number of aliphatic carboxylic acids is 1.